The fourth-order valence-electron chi connectivity index (χ4n) is 2.58. The van der Waals surface area contributed by atoms with Crippen LogP contribution in [0.1, 0.15) is 47.0 Å². The maximum atomic E-state index is 11.8. The highest BCUT2D eigenvalue weighted by Gasteiger charge is 2.33. The second-order valence-corrected chi connectivity index (χ2v) is 6.66. The van der Waals surface area contributed by atoms with Crippen molar-refractivity contribution in [3.05, 3.63) is 0 Å². The summed E-state index contributed by atoms with van der Waals surface area (Å²) >= 11 is 0. The van der Waals surface area contributed by atoms with Gasteiger partial charge in [0, 0.05) is 6.54 Å². The van der Waals surface area contributed by atoms with Crippen molar-refractivity contribution in [1.29, 1.82) is 0 Å². The second kappa shape index (κ2) is 6.26. The van der Waals surface area contributed by atoms with Gasteiger partial charge in [-0.2, -0.15) is 0 Å². The molecule has 1 aliphatic carbocycles. The molecule has 0 aromatic rings. The van der Waals surface area contributed by atoms with E-state index in [-0.39, 0.29) is 6.03 Å². The number of carbonyl (C=O) groups excluding carboxylic acids is 1. The van der Waals surface area contributed by atoms with Gasteiger partial charge in [0.05, 0.1) is 0 Å². The molecule has 0 spiro atoms. The molecular weight excluding hydrogens is 244 g/mol. The molecule has 0 bridgehead atoms. The van der Waals surface area contributed by atoms with Crippen LogP contribution in [-0.4, -0.2) is 29.7 Å². The molecule has 0 heterocycles. The zero-order chi connectivity index (χ0) is 14.6. The molecule has 1 rings (SSSR count). The number of carboxylic acids is 1. The summed E-state index contributed by atoms with van der Waals surface area (Å²) in [5, 5.41) is 14.5. The van der Waals surface area contributed by atoms with Crippen molar-refractivity contribution in [2.45, 2.75) is 53.0 Å². The first-order chi connectivity index (χ1) is 8.71. The minimum Gasteiger partial charge on any atom is -0.480 e. The first kappa shape index (κ1) is 15.8. The van der Waals surface area contributed by atoms with Crippen LogP contribution in [0.2, 0.25) is 0 Å². The van der Waals surface area contributed by atoms with Gasteiger partial charge in [-0.05, 0) is 23.7 Å². The fourth-order valence-corrected chi connectivity index (χ4v) is 2.58. The Balaban J connectivity index is 2.43. The van der Waals surface area contributed by atoms with Gasteiger partial charge in [-0.3, -0.25) is 0 Å². The highest BCUT2D eigenvalue weighted by molar-refractivity contribution is 5.83. The second-order valence-electron chi connectivity index (χ2n) is 6.66. The van der Waals surface area contributed by atoms with Crippen molar-refractivity contribution in [3.8, 4) is 0 Å². The lowest BCUT2D eigenvalue weighted by atomic mass is 9.87. The monoisotopic (exact) mass is 270 g/mol. The summed E-state index contributed by atoms with van der Waals surface area (Å²) in [5.74, 6) is 0.152. The van der Waals surface area contributed by atoms with Gasteiger partial charge in [0.1, 0.15) is 6.04 Å². The molecule has 110 valence electrons. The molecule has 3 atom stereocenters. The van der Waals surface area contributed by atoms with Gasteiger partial charge in [-0.1, -0.05) is 40.5 Å². The van der Waals surface area contributed by atoms with E-state index in [9.17, 15) is 9.59 Å². The van der Waals surface area contributed by atoms with Crippen LogP contribution in [0.3, 0.4) is 0 Å². The van der Waals surface area contributed by atoms with E-state index in [2.05, 4.69) is 17.6 Å². The normalized spacial score (nSPS) is 24.8. The summed E-state index contributed by atoms with van der Waals surface area (Å²) in [4.78, 5) is 22.9. The van der Waals surface area contributed by atoms with Gasteiger partial charge in [-0.15, -0.1) is 0 Å². The van der Waals surface area contributed by atoms with Gasteiger partial charge in [0.2, 0.25) is 0 Å². The van der Waals surface area contributed by atoms with E-state index in [1.54, 1.807) is 20.8 Å². The van der Waals surface area contributed by atoms with Crippen LogP contribution < -0.4 is 10.6 Å². The SMILES string of the molecule is CC1CCCC1CNC(=O)N[C@@H](C(=O)O)C(C)(C)C. The van der Waals surface area contributed by atoms with Gasteiger partial charge >= 0.3 is 12.0 Å². The minimum absolute atomic E-state index is 0.388. The van der Waals surface area contributed by atoms with Gasteiger partial charge < -0.3 is 15.7 Å². The first-order valence-electron chi connectivity index (χ1n) is 6.99. The zero-order valence-electron chi connectivity index (χ0n) is 12.3. The molecule has 2 amide bonds. The molecule has 0 aromatic carbocycles. The topological polar surface area (TPSA) is 78.4 Å². The third kappa shape index (κ3) is 4.73. The maximum Gasteiger partial charge on any atom is 0.326 e. The molecule has 0 aliphatic heterocycles. The van der Waals surface area contributed by atoms with E-state index in [0.717, 1.165) is 6.42 Å². The molecule has 0 radical (unpaired) electrons. The Morgan fingerprint density at radius 2 is 1.95 bits per heavy atom. The molecule has 19 heavy (non-hydrogen) atoms. The molecule has 1 saturated carbocycles. The van der Waals surface area contributed by atoms with Gasteiger partial charge in [0.25, 0.3) is 0 Å². The number of hydrogen-bond acceptors (Lipinski definition) is 2. The highest BCUT2D eigenvalue weighted by Crippen LogP contribution is 2.30. The summed E-state index contributed by atoms with van der Waals surface area (Å²) in [7, 11) is 0. The Morgan fingerprint density at radius 3 is 2.37 bits per heavy atom. The predicted molar refractivity (Wildman–Crippen MR) is 73.9 cm³/mol. The molecule has 1 fully saturated rings. The van der Waals surface area contributed by atoms with Crippen molar-refractivity contribution in [2.24, 2.45) is 17.3 Å². The number of urea groups is 1. The van der Waals surface area contributed by atoms with Crippen molar-refractivity contribution in [2.75, 3.05) is 6.54 Å². The summed E-state index contributed by atoms with van der Waals surface area (Å²) in [6.07, 6.45) is 3.58. The number of carboxylic acid groups (broad SMARTS) is 1. The summed E-state index contributed by atoms with van der Waals surface area (Å²) in [5.41, 5.74) is -0.510. The smallest absolute Gasteiger partial charge is 0.326 e. The van der Waals surface area contributed by atoms with Crippen LogP contribution in [0.25, 0.3) is 0 Å². The number of nitrogens with one attached hydrogen (secondary N) is 2. The van der Waals surface area contributed by atoms with E-state index >= 15 is 0 Å². The maximum absolute atomic E-state index is 11.8. The van der Waals surface area contributed by atoms with Crippen LogP contribution in [0.4, 0.5) is 4.79 Å². The molecule has 0 aromatic heterocycles. The lowest BCUT2D eigenvalue weighted by molar-refractivity contribution is -0.141. The Bertz CT molecular complexity index is 336. The number of aliphatic carboxylic acids is 1. The average Bonchev–Trinajstić information content (AvgIpc) is 2.67. The van der Waals surface area contributed by atoms with E-state index in [4.69, 9.17) is 5.11 Å². The molecule has 0 saturated heterocycles. The average molecular weight is 270 g/mol. The van der Waals surface area contributed by atoms with E-state index < -0.39 is 17.4 Å². The largest absolute Gasteiger partial charge is 0.480 e. The van der Waals surface area contributed by atoms with Crippen molar-refractivity contribution < 1.29 is 14.7 Å². The Kier molecular flexibility index (Phi) is 5.20. The van der Waals surface area contributed by atoms with Gasteiger partial charge in [0.15, 0.2) is 0 Å². The third-order valence-corrected chi connectivity index (χ3v) is 3.95. The Labute approximate surface area is 115 Å². The molecule has 5 heteroatoms. The van der Waals surface area contributed by atoms with Crippen LogP contribution in [0.15, 0.2) is 0 Å². The van der Waals surface area contributed by atoms with Crippen LogP contribution in [0.5, 0.6) is 0 Å². The standard InChI is InChI=1S/C14H26N2O3/c1-9-6-5-7-10(9)8-15-13(19)16-11(12(17)18)14(2,3)4/h9-11H,5-8H2,1-4H3,(H,17,18)(H2,15,16,19)/t9?,10?,11-/m0/s1. The molecule has 3 N–H and O–H groups in total. The number of amides is 2. The first-order valence-corrected chi connectivity index (χ1v) is 6.99. The van der Waals surface area contributed by atoms with E-state index in [1.807, 2.05) is 0 Å². The molecule has 2 unspecified atom stereocenters. The lowest BCUT2D eigenvalue weighted by Gasteiger charge is -2.28. The molecular formula is C14H26N2O3. The summed E-state index contributed by atoms with van der Waals surface area (Å²) in [6, 6.07) is -1.27. The Hall–Kier alpha value is -1.26. The summed E-state index contributed by atoms with van der Waals surface area (Å²) in [6.45, 7) is 8.22. The zero-order valence-corrected chi connectivity index (χ0v) is 12.3. The number of hydrogen-bond donors (Lipinski definition) is 3. The minimum atomic E-state index is -1.00. The van der Waals surface area contributed by atoms with E-state index in [1.165, 1.54) is 12.8 Å². The molecule has 1 aliphatic rings. The van der Waals surface area contributed by atoms with Crippen molar-refractivity contribution in [1.82, 2.24) is 10.6 Å². The summed E-state index contributed by atoms with van der Waals surface area (Å²) < 4.78 is 0. The van der Waals surface area contributed by atoms with Crippen molar-refractivity contribution >= 4 is 12.0 Å². The lowest BCUT2D eigenvalue weighted by Crippen LogP contribution is -2.52. The van der Waals surface area contributed by atoms with Crippen LogP contribution >= 0.6 is 0 Å². The quantitative estimate of drug-likeness (QED) is 0.733. The van der Waals surface area contributed by atoms with Crippen molar-refractivity contribution in [3.63, 3.8) is 0 Å². The number of carbonyl (C=O) groups is 2. The number of rotatable bonds is 4. The van der Waals surface area contributed by atoms with Gasteiger partial charge in [-0.25, -0.2) is 9.59 Å². The fraction of sp³-hybridized carbons (Fsp3) is 0.857. The van der Waals surface area contributed by atoms with Crippen LogP contribution in [-0.2, 0) is 4.79 Å². The molecule has 5 nitrogen and oxygen atoms in total. The van der Waals surface area contributed by atoms with Crippen LogP contribution in [0, 0.1) is 17.3 Å². The predicted octanol–water partition coefficient (Wildman–Crippen LogP) is 2.22. The Morgan fingerprint density at radius 1 is 1.32 bits per heavy atom. The highest BCUT2D eigenvalue weighted by atomic mass is 16.4. The third-order valence-electron chi connectivity index (χ3n) is 3.95. The van der Waals surface area contributed by atoms with E-state index in [0.29, 0.717) is 18.4 Å².